The predicted octanol–water partition coefficient (Wildman–Crippen LogP) is 1.96. The fourth-order valence-corrected chi connectivity index (χ4v) is 4.19. The van der Waals surface area contributed by atoms with Crippen LogP contribution >= 0.6 is 0 Å². The molecule has 1 atom stereocenters. The summed E-state index contributed by atoms with van der Waals surface area (Å²) in [6.07, 6.45) is 6.26. The molecule has 2 aliphatic rings. The van der Waals surface area contributed by atoms with Crippen LogP contribution < -0.4 is 15.8 Å². The van der Waals surface area contributed by atoms with E-state index in [0.717, 1.165) is 62.9 Å². The summed E-state index contributed by atoms with van der Waals surface area (Å²) >= 11 is 0. The van der Waals surface area contributed by atoms with Gasteiger partial charge in [0.1, 0.15) is 5.69 Å². The van der Waals surface area contributed by atoms with Gasteiger partial charge in [-0.3, -0.25) is 19.3 Å². The zero-order valence-corrected chi connectivity index (χ0v) is 16.6. The van der Waals surface area contributed by atoms with Gasteiger partial charge in [-0.15, -0.1) is 0 Å². The van der Waals surface area contributed by atoms with Crippen LogP contribution in [0.5, 0.6) is 0 Å². The number of aryl methyl sites for hydroxylation is 2. The number of hydrogen-bond acceptors (Lipinski definition) is 5. The minimum atomic E-state index is -0.365. The highest BCUT2D eigenvalue weighted by Gasteiger charge is 2.26. The van der Waals surface area contributed by atoms with Crippen molar-refractivity contribution in [2.45, 2.75) is 65.0 Å². The summed E-state index contributed by atoms with van der Waals surface area (Å²) in [4.78, 5) is 34.7. The lowest BCUT2D eigenvalue weighted by atomic mass is 9.95. The van der Waals surface area contributed by atoms with E-state index >= 15 is 0 Å². The van der Waals surface area contributed by atoms with Crippen LogP contribution in [0.3, 0.4) is 0 Å². The molecule has 0 bridgehead atoms. The second-order valence-corrected chi connectivity index (χ2v) is 7.68. The van der Waals surface area contributed by atoms with Crippen LogP contribution in [-0.4, -0.2) is 38.7 Å². The third-order valence-electron chi connectivity index (χ3n) is 5.68. The number of aromatic nitrogens is 4. The van der Waals surface area contributed by atoms with Crippen molar-refractivity contribution in [2.24, 2.45) is 0 Å². The molecule has 0 radical (unpaired) electrons. The minimum Gasteiger partial charge on any atom is -0.343 e. The molecule has 1 aliphatic heterocycles. The molecule has 1 saturated heterocycles. The van der Waals surface area contributed by atoms with E-state index in [0.29, 0.717) is 23.9 Å². The second kappa shape index (κ2) is 7.77. The van der Waals surface area contributed by atoms with Gasteiger partial charge in [-0.05, 0) is 52.4 Å². The first-order valence-corrected chi connectivity index (χ1v) is 10.3. The molecule has 8 heteroatoms. The Hall–Kier alpha value is -2.64. The lowest BCUT2D eigenvalue weighted by molar-refractivity contribution is 0.0927. The number of fused-ring (bicyclic) bond motifs is 1. The van der Waals surface area contributed by atoms with Crippen molar-refractivity contribution in [3.05, 3.63) is 39.1 Å². The smallest absolute Gasteiger partial charge is 0.270 e. The monoisotopic (exact) mass is 384 g/mol. The Kier molecular flexibility index (Phi) is 5.19. The van der Waals surface area contributed by atoms with E-state index in [-0.39, 0.29) is 17.5 Å². The fraction of sp³-hybridized carbons (Fsp3) is 0.600. The Balaban J connectivity index is 1.57. The summed E-state index contributed by atoms with van der Waals surface area (Å²) in [7, 11) is 0. The van der Waals surface area contributed by atoms with Crippen LogP contribution in [0.1, 0.15) is 73.0 Å². The molecule has 28 heavy (non-hydrogen) atoms. The van der Waals surface area contributed by atoms with E-state index in [9.17, 15) is 9.59 Å². The van der Waals surface area contributed by atoms with Crippen LogP contribution in [0.15, 0.2) is 10.9 Å². The first kappa shape index (κ1) is 18.7. The standard InChI is InChI=1S/C20H28N6O2/c1-3-26-18(14-8-4-5-9-15(14)24-26)19(28)21-13(2)16-12-17(27)23-20(22-16)25-10-6-7-11-25/h12-13H,3-11H2,1-2H3,(H,21,28)(H,22,23,27)/t13-/m0/s1. The van der Waals surface area contributed by atoms with Crippen LogP contribution in [0.25, 0.3) is 0 Å². The van der Waals surface area contributed by atoms with Crippen molar-refractivity contribution >= 4 is 11.9 Å². The van der Waals surface area contributed by atoms with Crippen LogP contribution in [-0.2, 0) is 19.4 Å². The first-order chi connectivity index (χ1) is 13.6. The van der Waals surface area contributed by atoms with Gasteiger partial charge in [0, 0.05) is 31.3 Å². The summed E-state index contributed by atoms with van der Waals surface area (Å²) < 4.78 is 1.80. The van der Waals surface area contributed by atoms with Gasteiger partial charge in [-0.2, -0.15) is 5.10 Å². The number of H-pyrrole nitrogens is 1. The molecule has 0 aromatic carbocycles. The number of rotatable bonds is 5. The summed E-state index contributed by atoms with van der Waals surface area (Å²) in [5, 5.41) is 7.66. The number of carbonyl (C=O) groups is 1. The van der Waals surface area contributed by atoms with Crippen LogP contribution in [0, 0.1) is 0 Å². The number of hydrogen-bond donors (Lipinski definition) is 2. The Morgan fingerprint density at radius 2 is 2.00 bits per heavy atom. The molecule has 8 nitrogen and oxygen atoms in total. The van der Waals surface area contributed by atoms with Crippen molar-refractivity contribution in [1.29, 1.82) is 0 Å². The highest BCUT2D eigenvalue weighted by molar-refractivity contribution is 5.94. The van der Waals surface area contributed by atoms with Crippen molar-refractivity contribution in [3.8, 4) is 0 Å². The van der Waals surface area contributed by atoms with Crippen LogP contribution in [0.4, 0.5) is 5.95 Å². The fourth-order valence-electron chi connectivity index (χ4n) is 4.19. The summed E-state index contributed by atoms with van der Waals surface area (Å²) in [6.45, 7) is 6.32. The van der Waals surface area contributed by atoms with Crippen molar-refractivity contribution in [1.82, 2.24) is 25.1 Å². The zero-order valence-electron chi connectivity index (χ0n) is 16.6. The molecule has 0 saturated carbocycles. The molecule has 2 aromatic rings. The van der Waals surface area contributed by atoms with Crippen molar-refractivity contribution in [3.63, 3.8) is 0 Å². The van der Waals surface area contributed by atoms with Gasteiger partial charge >= 0.3 is 0 Å². The molecule has 0 unspecified atom stereocenters. The maximum atomic E-state index is 13.1. The number of carbonyl (C=O) groups excluding carboxylic acids is 1. The molecule has 150 valence electrons. The minimum absolute atomic E-state index is 0.144. The quantitative estimate of drug-likeness (QED) is 0.821. The summed E-state index contributed by atoms with van der Waals surface area (Å²) in [6, 6.07) is 1.10. The lowest BCUT2D eigenvalue weighted by Crippen LogP contribution is -2.32. The van der Waals surface area contributed by atoms with Crippen molar-refractivity contribution in [2.75, 3.05) is 18.0 Å². The van der Waals surface area contributed by atoms with Gasteiger partial charge in [0.2, 0.25) is 5.95 Å². The Bertz CT molecular complexity index is 925. The summed E-state index contributed by atoms with van der Waals surface area (Å²) in [5.41, 5.74) is 3.18. The Morgan fingerprint density at radius 3 is 2.75 bits per heavy atom. The van der Waals surface area contributed by atoms with E-state index in [1.165, 1.54) is 6.07 Å². The highest BCUT2D eigenvalue weighted by Crippen LogP contribution is 2.25. The van der Waals surface area contributed by atoms with Gasteiger partial charge in [0.25, 0.3) is 11.5 Å². The zero-order chi connectivity index (χ0) is 19.7. The number of aromatic amines is 1. The number of amides is 1. The average molecular weight is 384 g/mol. The summed E-state index contributed by atoms with van der Waals surface area (Å²) in [5.74, 6) is 0.451. The number of anilines is 1. The maximum absolute atomic E-state index is 13.1. The molecule has 1 amide bonds. The molecule has 0 spiro atoms. The van der Waals surface area contributed by atoms with E-state index in [1.807, 2.05) is 13.8 Å². The lowest BCUT2D eigenvalue weighted by Gasteiger charge is -2.19. The molecule has 2 N–H and O–H groups in total. The van der Waals surface area contributed by atoms with E-state index in [4.69, 9.17) is 0 Å². The normalized spacial score (nSPS) is 17.4. The molecule has 3 heterocycles. The second-order valence-electron chi connectivity index (χ2n) is 7.68. The van der Waals surface area contributed by atoms with Gasteiger partial charge in [0.05, 0.1) is 17.4 Å². The average Bonchev–Trinajstić information content (AvgIpc) is 3.35. The maximum Gasteiger partial charge on any atom is 0.270 e. The molecule has 2 aromatic heterocycles. The van der Waals surface area contributed by atoms with Gasteiger partial charge in [0.15, 0.2) is 0 Å². The number of nitrogens with zero attached hydrogens (tertiary/aromatic N) is 4. The number of nitrogens with one attached hydrogen (secondary N) is 2. The van der Waals surface area contributed by atoms with E-state index in [1.54, 1.807) is 4.68 Å². The SMILES string of the molecule is CCn1nc2c(c1C(=O)N[C@@H](C)c1cc(=O)[nH]c(N3CCCC3)n1)CCCC2. The topological polar surface area (TPSA) is 95.9 Å². The van der Waals surface area contributed by atoms with E-state index < -0.39 is 0 Å². The van der Waals surface area contributed by atoms with Crippen molar-refractivity contribution < 1.29 is 4.79 Å². The largest absolute Gasteiger partial charge is 0.343 e. The molecule has 4 rings (SSSR count). The van der Waals surface area contributed by atoms with Crippen LogP contribution in [0.2, 0.25) is 0 Å². The first-order valence-electron chi connectivity index (χ1n) is 10.3. The molecular weight excluding hydrogens is 356 g/mol. The third kappa shape index (κ3) is 3.55. The molecule has 1 aliphatic carbocycles. The Labute approximate surface area is 164 Å². The van der Waals surface area contributed by atoms with Gasteiger partial charge < -0.3 is 10.2 Å². The van der Waals surface area contributed by atoms with Gasteiger partial charge in [-0.1, -0.05) is 0 Å². The highest BCUT2D eigenvalue weighted by atomic mass is 16.2. The van der Waals surface area contributed by atoms with E-state index in [2.05, 4.69) is 25.3 Å². The van der Waals surface area contributed by atoms with Gasteiger partial charge in [-0.25, -0.2) is 4.98 Å². The third-order valence-corrected chi connectivity index (χ3v) is 5.68. The Morgan fingerprint density at radius 1 is 1.25 bits per heavy atom. The predicted molar refractivity (Wildman–Crippen MR) is 107 cm³/mol. The molecular formula is C20H28N6O2. The molecule has 1 fully saturated rings.